The van der Waals surface area contributed by atoms with Crippen LogP contribution >= 0.6 is 0 Å². The highest BCUT2D eigenvalue weighted by molar-refractivity contribution is 5.72. The van der Waals surface area contributed by atoms with Gasteiger partial charge in [-0.1, -0.05) is 6.08 Å². The van der Waals surface area contributed by atoms with Crippen molar-refractivity contribution in [3.8, 4) is 0 Å². The lowest BCUT2D eigenvalue weighted by molar-refractivity contribution is -0.151. The first kappa shape index (κ1) is 9.13. The number of hydrogen-bond acceptors (Lipinski definition) is 3. The third kappa shape index (κ3) is 3.21. The largest absolute Gasteiger partial charge is 0.479 e. The van der Waals surface area contributed by atoms with E-state index in [1.165, 1.54) is 6.08 Å². The van der Waals surface area contributed by atoms with Gasteiger partial charge in [-0.15, -0.1) is 6.58 Å². The average Bonchev–Trinajstić information content (AvgIpc) is 1.89. The fraction of sp³-hybridized carbons (Fsp3) is 0.500. The molecule has 0 aromatic carbocycles. The zero-order chi connectivity index (χ0) is 7.98. The Hall–Kier alpha value is -0.870. The predicted octanol–water partition coefficient (Wildman–Crippen LogP) is -0.365. The molecule has 0 aromatic rings. The molecule has 0 radical (unpaired) electrons. The molecule has 58 valence electrons. The van der Waals surface area contributed by atoms with Gasteiger partial charge < -0.3 is 14.9 Å². The molecule has 10 heavy (non-hydrogen) atoms. The summed E-state index contributed by atoms with van der Waals surface area (Å²) in [6, 6.07) is 0. The van der Waals surface area contributed by atoms with Gasteiger partial charge in [0.2, 0.25) is 0 Å². The van der Waals surface area contributed by atoms with Gasteiger partial charge in [-0.3, -0.25) is 0 Å². The minimum atomic E-state index is -1.16. The molecular weight excluding hydrogens is 136 g/mol. The van der Waals surface area contributed by atoms with Crippen LogP contribution in [0.5, 0.6) is 0 Å². The number of carboxylic acid groups (broad SMARTS) is 1. The third-order valence-electron chi connectivity index (χ3n) is 0.857. The quantitative estimate of drug-likeness (QED) is 0.519. The summed E-state index contributed by atoms with van der Waals surface area (Å²) in [4.78, 5) is 10.1. The second-order valence-electron chi connectivity index (χ2n) is 1.63. The molecule has 0 heterocycles. The predicted molar refractivity (Wildman–Crippen MR) is 34.7 cm³/mol. The van der Waals surface area contributed by atoms with E-state index in [2.05, 4.69) is 11.3 Å². The second kappa shape index (κ2) is 4.96. The molecule has 0 fully saturated rings. The zero-order valence-electron chi connectivity index (χ0n) is 5.49. The number of rotatable bonds is 5. The van der Waals surface area contributed by atoms with Gasteiger partial charge in [0.25, 0.3) is 0 Å². The Morgan fingerprint density at radius 2 is 2.40 bits per heavy atom. The van der Waals surface area contributed by atoms with E-state index in [9.17, 15) is 4.79 Å². The van der Waals surface area contributed by atoms with Gasteiger partial charge in [-0.2, -0.15) is 0 Å². The van der Waals surface area contributed by atoms with Crippen molar-refractivity contribution in [3.63, 3.8) is 0 Å². The van der Waals surface area contributed by atoms with E-state index in [1.807, 2.05) is 0 Å². The highest BCUT2D eigenvalue weighted by Crippen LogP contribution is 1.90. The molecule has 0 aliphatic rings. The Labute approximate surface area is 58.7 Å². The van der Waals surface area contributed by atoms with Crippen LogP contribution in [-0.2, 0) is 9.53 Å². The van der Waals surface area contributed by atoms with Gasteiger partial charge in [0.1, 0.15) is 0 Å². The molecule has 0 amide bonds. The van der Waals surface area contributed by atoms with Gasteiger partial charge in [0.15, 0.2) is 6.10 Å². The van der Waals surface area contributed by atoms with Crippen molar-refractivity contribution >= 4 is 5.97 Å². The molecule has 1 unspecified atom stereocenters. The van der Waals surface area contributed by atoms with Crippen molar-refractivity contribution in [2.75, 3.05) is 13.2 Å². The van der Waals surface area contributed by atoms with Crippen molar-refractivity contribution in [3.05, 3.63) is 12.7 Å². The first-order valence-corrected chi connectivity index (χ1v) is 2.78. The summed E-state index contributed by atoms with van der Waals surface area (Å²) in [5.74, 6) is -1.16. The number of ether oxygens (including phenoxy) is 1. The third-order valence-corrected chi connectivity index (χ3v) is 0.857. The van der Waals surface area contributed by atoms with Crippen LogP contribution in [0.3, 0.4) is 0 Å². The van der Waals surface area contributed by atoms with E-state index >= 15 is 0 Å². The first-order valence-electron chi connectivity index (χ1n) is 2.78. The second-order valence-corrected chi connectivity index (χ2v) is 1.63. The molecule has 2 N–H and O–H groups in total. The zero-order valence-corrected chi connectivity index (χ0v) is 5.49. The van der Waals surface area contributed by atoms with Gasteiger partial charge in [0, 0.05) is 0 Å². The molecule has 0 rings (SSSR count). The normalized spacial score (nSPS) is 12.5. The summed E-state index contributed by atoms with van der Waals surface area (Å²) >= 11 is 0. The van der Waals surface area contributed by atoms with E-state index in [1.54, 1.807) is 0 Å². The van der Waals surface area contributed by atoms with Crippen molar-refractivity contribution < 1.29 is 19.7 Å². The standard InChI is InChI=1S/C6H10O4/c1-2-3-10-5(4-7)6(8)9/h2,5,7H,1,3-4H2,(H,8,9). The minimum absolute atomic E-state index is 0.136. The Balaban J connectivity index is 3.60. The molecule has 4 nitrogen and oxygen atoms in total. The maximum Gasteiger partial charge on any atom is 0.335 e. The summed E-state index contributed by atoms with van der Waals surface area (Å²) in [5.41, 5.74) is 0. The topological polar surface area (TPSA) is 66.8 Å². The van der Waals surface area contributed by atoms with Gasteiger partial charge in [-0.25, -0.2) is 4.79 Å². The van der Waals surface area contributed by atoms with Crippen LogP contribution in [0.15, 0.2) is 12.7 Å². The van der Waals surface area contributed by atoms with Crippen LogP contribution in [0.1, 0.15) is 0 Å². The number of aliphatic hydroxyl groups is 1. The van der Waals surface area contributed by atoms with Gasteiger partial charge in [-0.05, 0) is 0 Å². The lowest BCUT2D eigenvalue weighted by atomic mass is 10.4. The van der Waals surface area contributed by atoms with E-state index in [-0.39, 0.29) is 6.61 Å². The van der Waals surface area contributed by atoms with Crippen molar-refractivity contribution in [1.29, 1.82) is 0 Å². The highest BCUT2D eigenvalue weighted by atomic mass is 16.5. The molecule has 4 heteroatoms. The van der Waals surface area contributed by atoms with Gasteiger partial charge in [0.05, 0.1) is 13.2 Å². The first-order chi connectivity index (χ1) is 4.72. The van der Waals surface area contributed by atoms with Crippen LogP contribution in [0.2, 0.25) is 0 Å². The molecule has 0 spiro atoms. The fourth-order valence-electron chi connectivity index (χ4n) is 0.386. The maximum absolute atomic E-state index is 10.1. The molecule has 0 aromatic heterocycles. The molecule has 0 aliphatic carbocycles. The summed E-state index contributed by atoms with van der Waals surface area (Å²) < 4.78 is 4.63. The highest BCUT2D eigenvalue weighted by Gasteiger charge is 2.14. The van der Waals surface area contributed by atoms with E-state index in [0.29, 0.717) is 0 Å². The lowest BCUT2D eigenvalue weighted by Crippen LogP contribution is -2.27. The Morgan fingerprint density at radius 3 is 2.70 bits per heavy atom. The summed E-state index contributed by atoms with van der Waals surface area (Å²) in [5, 5.41) is 16.7. The van der Waals surface area contributed by atoms with Crippen LogP contribution in [0, 0.1) is 0 Å². The summed E-state index contributed by atoms with van der Waals surface area (Å²) in [7, 11) is 0. The molecule has 0 bridgehead atoms. The molecule has 1 atom stereocenters. The van der Waals surface area contributed by atoms with Crippen LogP contribution < -0.4 is 0 Å². The number of aliphatic hydroxyl groups excluding tert-OH is 1. The summed E-state index contributed by atoms with van der Waals surface area (Å²) in [6.45, 7) is 2.95. The van der Waals surface area contributed by atoms with Gasteiger partial charge >= 0.3 is 5.97 Å². The van der Waals surface area contributed by atoms with Crippen molar-refractivity contribution in [1.82, 2.24) is 0 Å². The van der Waals surface area contributed by atoms with E-state index < -0.39 is 18.7 Å². The lowest BCUT2D eigenvalue weighted by Gasteiger charge is -2.07. The molecule has 0 aliphatic heterocycles. The monoisotopic (exact) mass is 146 g/mol. The molecule has 0 saturated heterocycles. The minimum Gasteiger partial charge on any atom is -0.479 e. The SMILES string of the molecule is C=CCOC(CO)C(=O)O. The number of hydrogen-bond donors (Lipinski definition) is 2. The molecule has 0 saturated carbocycles. The average molecular weight is 146 g/mol. The molecular formula is C6H10O4. The van der Waals surface area contributed by atoms with Crippen molar-refractivity contribution in [2.45, 2.75) is 6.10 Å². The Morgan fingerprint density at radius 1 is 1.80 bits per heavy atom. The smallest absolute Gasteiger partial charge is 0.335 e. The Bertz CT molecular complexity index is 121. The van der Waals surface area contributed by atoms with Crippen LogP contribution in [0.25, 0.3) is 0 Å². The van der Waals surface area contributed by atoms with Crippen LogP contribution in [-0.4, -0.2) is 35.5 Å². The van der Waals surface area contributed by atoms with Crippen molar-refractivity contribution in [2.24, 2.45) is 0 Å². The van der Waals surface area contributed by atoms with E-state index in [4.69, 9.17) is 10.2 Å². The summed E-state index contributed by atoms with van der Waals surface area (Å²) in [6.07, 6.45) is 0.295. The fourth-order valence-corrected chi connectivity index (χ4v) is 0.386. The number of carbonyl (C=O) groups is 1. The van der Waals surface area contributed by atoms with E-state index in [0.717, 1.165) is 0 Å². The number of aliphatic carboxylic acids is 1. The maximum atomic E-state index is 10.1. The number of carboxylic acids is 1. The van der Waals surface area contributed by atoms with Crippen LogP contribution in [0.4, 0.5) is 0 Å². The Kier molecular flexibility index (Phi) is 4.53.